The quantitative estimate of drug-likeness (QED) is 0.560. The Morgan fingerprint density at radius 1 is 1.10 bits per heavy atom. The molecule has 29 heavy (non-hydrogen) atoms. The molecule has 8 heteroatoms. The molecule has 0 spiro atoms. The minimum Gasteiger partial charge on any atom is -0.340 e. The number of aromatic nitrogens is 4. The molecule has 1 aliphatic heterocycles. The van der Waals surface area contributed by atoms with Gasteiger partial charge in [-0.05, 0) is 24.6 Å². The van der Waals surface area contributed by atoms with Crippen LogP contribution in [0.2, 0.25) is 0 Å². The number of rotatable bonds is 4. The van der Waals surface area contributed by atoms with Crippen molar-refractivity contribution in [3.8, 4) is 0 Å². The molecule has 3 aromatic heterocycles. The van der Waals surface area contributed by atoms with Crippen LogP contribution >= 0.6 is 11.3 Å². The zero-order valence-corrected chi connectivity index (χ0v) is 16.3. The van der Waals surface area contributed by atoms with Gasteiger partial charge in [-0.15, -0.1) is 11.3 Å². The second-order valence-electron chi connectivity index (χ2n) is 6.88. The van der Waals surface area contributed by atoms with Crippen molar-refractivity contribution in [1.29, 1.82) is 0 Å². The normalized spacial score (nSPS) is 16.3. The number of anilines is 2. The van der Waals surface area contributed by atoms with E-state index in [1.807, 2.05) is 41.8 Å². The van der Waals surface area contributed by atoms with E-state index in [1.54, 1.807) is 18.6 Å². The Bertz CT molecular complexity index is 1150. The Balaban J connectivity index is 1.48. The van der Waals surface area contributed by atoms with E-state index in [9.17, 15) is 4.79 Å². The fraction of sp³-hybridized carbons (Fsp3) is 0.190. The van der Waals surface area contributed by atoms with Crippen LogP contribution in [0.15, 0.2) is 60.4 Å². The number of nitrogens with one attached hydrogen (secondary N) is 1. The lowest BCUT2D eigenvalue weighted by Crippen LogP contribution is -2.21. The molecule has 1 aliphatic rings. The molecule has 1 amide bonds. The summed E-state index contributed by atoms with van der Waals surface area (Å²) in [7, 11) is 0. The van der Waals surface area contributed by atoms with E-state index in [4.69, 9.17) is 4.98 Å². The van der Waals surface area contributed by atoms with Crippen LogP contribution in [0, 0.1) is 0 Å². The van der Waals surface area contributed by atoms with Gasteiger partial charge in [0.25, 0.3) is 5.91 Å². The average Bonchev–Trinajstić information content (AvgIpc) is 3.46. The van der Waals surface area contributed by atoms with Crippen molar-refractivity contribution in [1.82, 2.24) is 19.9 Å². The van der Waals surface area contributed by atoms with E-state index in [2.05, 4.69) is 25.2 Å². The van der Waals surface area contributed by atoms with Gasteiger partial charge in [-0.2, -0.15) is 0 Å². The highest BCUT2D eigenvalue weighted by Gasteiger charge is 2.28. The molecule has 7 nitrogen and oxygen atoms in total. The number of hydrogen-bond donors (Lipinski definition) is 1. The zero-order chi connectivity index (χ0) is 19.6. The molecule has 0 radical (unpaired) electrons. The number of hydrogen-bond acceptors (Lipinski definition) is 7. The Labute approximate surface area is 171 Å². The lowest BCUT2D eigenvalue weighted by molar-refractivity contribution is 0.102. The van der Waals surface area contributed by atoms with Crippen LogP contribution in [0.25, 0.3) is 10.9 Å². The summed E-state index contributed by atoms with van der Waals surface area (Å²) in [5.74, 6) is 0.786. The third-order valence-electron chi connectivity index (χ3n) is 5.07. The van der Waals surface area contributed by atoms with Gasteiger partial charge in [-0.25, -0.2) is 15.0 Å². The standard InChI is InChI=1S/C21H18N6OS/c28-19(26-21-24-9-11-29-21)16-12-18(25-17-5-2-1-4-15(16)17)14-6-10-27(13-14)20-22-7-3-8-23-20/h1-5,7-9,11-12,14H,6,10,13H2,(H,24,26,28). The van der Waals surface area contributed by atoms with E-state index in [1.165, 1.54) is 11.3 Å². The van der Waals surface area contributed by atoms with Crippen LogP contribution in [-0.4, -0.2) is 38.9 Å². The molecule has 1 aromatic carbocycles. The number of carbonyl (C=O) groups excluding carboxylic acids is 1. The summed E-state index contributed by atoms with van der Waals surface area (Å²) in [6.07, 6.45) is 6.13. The summed E-state index contributed by atoms with van der Waals surface area (Å²) in [6.45, 7) is 1.65. The molecular weight excluding hydrogens is 384 g/mol. The van der Waals surface area contributed by atoms with Crippen molar-refractivity contribution in [3.63, 3.8) is 0 Å². The highest BCUT2D eigenvalue weighted by Crippen LogP contribution is 2.31. The number of thiazole rings is 1. The Hall–Kier alpha value is -3.39. The van der Waals surface area contributed by atoms with Gasteiger partial charge in [0.15, 0.2) is 5.13 Å². The van der Waals surface area contributed by atoms with Crippen molar-refractivity contribution >= 4 is 39.2 Å². The average molecular weight is 402 g/mol. The van der Waals surface area contributed by atoms with Crippen molar-refractivity contribution in [3.05, 3.63) is 71.6 Å². The lowest BCUT2D eigenvalue weighted by atomic mass is 9.99. The molecule has 1 atom stereocenters. The van der Waals surface area contributed by atoms with Crippen molar-refractivity contribution in [2.75, 3.05) is 23.3 Å². The molecule has 5 rings (SSSR count). The highest BCUT2D eigenvalue weighted by molar-refractivity contribution is 7.13. The topological polar surface area (TPSA) is 83.9 Å². The molecule has 144 valence electrons. The minimum atomic E-state index is -0.166. The fourth-order valence-electron chi connectivity index (χ4n) is 3.68. The van der Waals surface area contributed by atoms with Crippen LogP contribution in [0.4, 0.5) is 11.1 Å². The van der Waals surface area contributed by atoms with E-state index >= 15 is 0 Å². The van der Waals surface area contributed by atoms with Gasteiger partial charge in [-0.3, -0.25) is 15.1 Å². The summed E-state index contributed by atoms with van der Waals surface area (Å²) >= 11 is 1.40. The maximum atomic E-state index is 13.0. The zero-order valence-electron chi connectivity index (χ0n) is 15.5. The molecule has 0 saturated carbocycles. The van der Waals surface area contributed by atoms with E-state index in [-0.39, 0.29) is 11.8 Å². The van der Waals surface area contributed by atoms with Crippen LogP contribution in [0.5, 0.6) is 0 Å². The predicted molar refractivity (Wildman–Crippen MR) is 113 cm³/mol. The number of pyridine rings is 1. The second-order valence-corrected chi connectivity index (χ2v) is 7.78. The van der Waals surface area contributed by atoms with Gasteiger partial charge in [0.1, 0.15) is 0 Å². The second kappa shape index (κ2) is 7.56. The molecule has 0 bridgehead atoms. The van der Waals surface area contributed by atoms with Crippen LogP contribution < -0.4 is 10.2 Å². The Morgan fingerprint density at radius 2 is 1.97 bits per heavy atom. The third-order valence-corrected chi connectivity index (χ3v) is 5.76. The van der Waals surface area contributed by atoms with Crippen LogP contribution in [0.3, 0.4) is 0 Å². The first-order valence-corrected chi connectivity index (χ1v) is 10.3. The Morgan fingerprint density at radius 3 is 2.79 bits per heavy atom. The number of para-hydroxylation sites is 1. The van der Waals surface area contributed by atoms with Crippen LogP contribution in [-0.2, 0) is 0 Å². The molecule has 4 aromatic rings. The number of fused-ring (bicyclic) bond motifs is 1. The molecule has 1 saturated heterocycles. The predicted octanol–water partition coefficient (Wildman–Crippen LogP) is 3.73. The Kier molecular flexibility index (Phi) is 4.61. The van der Waals surface area contributed by atoms with E-state index in [0.717, 1.165) is 42.1 Å². The van der Waals surface area contributed by atoms with E-state index in [0.29, 0.717) is 10.7 Å². The molecule has 1 fully saturated rings. The summed E-state index contributed by atoms with van der Waals surface area (Å²) in [5, 5.41) is 6.16. The fourth-order valence-corrected chi connectivity index (χ4v) is 4.20. The molecular formula is C21H18N6OS. The monoisotopic (exact) mass is 402 g/mol. The largest absolute Gasteiger partial charge is 0.340 e. The van der Waals surface area contributed by atoms with Gasteiger partial charge in [0.2, 0.25) is 5.95 Å². The van der Waals surface area contributed by atoms with E-state index < -0.39 is 0 Å². The van der Waals surface area contributed by atoms with Crippen molar-refractivity contribution in [2.45, 2.75) is 12.3 Å². The van der Waals surface area contributed by atoms with Crippen molar-refractivity contribution in [2.24, 2.45) is 0 Å². The van der Waals surface area contributed by atoms with Gasteiger partial charge in [0, 0.05) is 54.1 Å². The first-order chi connectivity index (χ1) is 14.3. The first-order valence-electron chi connectivity index (χ1n) is 9.40. The van der Waals surface area contributed by atoms with Gasteiger partial charge >= 0.3 is 0 Å². The van der Waals surface area contributed by atoms with Gasteiger partial charge < -0.3 is 4.90 Å². The number of carbonyl (C=O) groups is 1. The maximum absolute atomic E-state index is 13.0. The lowest BCUT2D eigenvalue weighted by Gasteiger charge is -2.16. The summed E-state index contributed by atoms with van der Waals surface area (Å²) < 4.78 is 0. The summed E-state index contributed by atoms with van der Waals surface area (Å²) in [6, 6.07) is 11.5. The molecule has 4 heterocycles. The summed E-state index contributed by atoms with van der Waals surface area (Å²) in [5.41, 5.74) is 2.37. The number of benzene rings is 1. The number of amides is 1. The smallest absolute Gasteiger partial charge is 0.258 e. The highest BCUT2D eigenvalue weighted by atomic mass is 32.1. The number of nitrogens with zero attached hydrogens (tertiary/aromatic N) is 5. The van der Waals surface area contributed by atoms with Crippen molar-refractivity contribution < 1.29 is 4.79 Å². The first kappa shape index (κ1) is 17.7. The molecule has 1 unspecified atom stereocenters. The minimum absolute atomic E-state index is 0.166. The molecule has 1 N–H and O–H groups in total. The third kappa shape index (κ3) is 3.54. The van der Waals surface area contributed by atoms with Gasteiger partial charge in [-0.1, -0.05) is 18.2 Å². The summed E-state index contributed by atoms with van der Waals surface area (Å²) in [4.78, 5) is 32.9. The van der Waals surface area contributed by atoms with Crippen LogP contribution in [0.1, 0.15) is 28.4 Å². The van der Waals surface area contributed by atoms with Gasteiger partial charge in [0.05, 0.1) is 11.1 Å². The SMILES string of the molecule is O=C(Nc1nccs1)c1cc(C2CCN(c3ncccn3)C2)nc2ccccc12. The maximum Gasteiger partial charge on any atom is 0.258 e. The molecule has 0 aliphatic carbocycles.